The molecule has 1 atom stereocenters. The zero-order chi connectivity index (χ0) is 26.6. The molecule has 1 aliphatic carbocycles. The topological polar surface area (TPSA) is 100 Å². The average Bonchev–Trinajstić information content (AvgIpc) is 3.63. The fourth-order valence-electron chi connectivity index (χ4n) is 6.77. The van der Waals surface area contributed by atoms with E-state index in [-0.39, 0.29) is 24.6 Å². The molecule has 5 aliphatic rings. The van der Waals surface area contributed by atoms with Gasteiger partial charge in [0.25, 0.3) is 0 Å². The highest BCUT2D eigenvalue weighted by atomic mass is 16.3. The van der Waals surface area contributed by atoms with Crippen molar-refractivity contribution in [3.05, 3.63) is 53.6 Å². The van der Waals surface area contributed by atoms with Crippen LogP contribution in [0.5, 0.6) is 0 Å². The lowest BCUT2D eigenvalue weighted by atomic mass is 9.87. The summed E-state index contributed by atoms with van der Waals surface area (Å²) in [5.74, 6) is 1.05. The highest BCUT2D eigenvalue weighted by molar-refractivity contribution is 5.89. The van der Waals surface area contributed by atoms with Crippen LogP contribution in [0.15, 0.2) is 42.5 Å². The number of benzene rings is 2. The number of rotatable bonds is 7. The number of nitrogens with zero attached hydrogens (tertiary/aromatic N) is 3. The molecule has 9 nitrogen and oxygen atoms in total. The highest BCUT2D eigenvalue weighted by Gasteiger charge is 2.53. The Balaban J connectivity index is 1.10. The fraction of sp³-hybridized carbons (Fsp3) is 0.533. The molecule has 3 saturated heterocycles. The van der Waals surface area contributed by atoms with Crippen LogP contribution in [0.4, 0.5) is 5.69 Å². The summed E-state index contributed by atoms with van der Waals surface area (Å²) in [6.45, 7) is 5.38. The van der Waals surface area contributed by atoms with E-state index in [0.717, 1.165) is 75.2 Å². The van der Waals surface area contributed by atoms with Crippen molar-refractivity contribution >= 4 is 17.5 Å². The first-order valence-corrected chi connectivity index (χ1v) is 14.5. The molecule has 0 aromatic heterocycles. The monoisotopic (exact) mass is 530 g/mol. The van der Waals surface area contributed by atoms with Gasteiger partial charge < -0.3 is 25.2 Å². The number of piperidine rings is 1. The van der Waals surface area contributed by atoms with Crippen LogP contribution in [0.25, 0.3) is 11.1 Å². The Hall–Kier alpha value is -2.98. The van der Waals surface area contributed by atoms with E-state index in [0.29, 0.717) is 24.9 Å². The molecule has 2 aromatic carbocycles. The largest absolute Gasteiger partial charge is 0.395 e. The standard InChI is InChI=1S/C30H38N6O3/c37-14-13-34-11-9-30(10-12-34)29(39)36(19-20-17-35(18-20)28(38)23-5-6-23)27(32-30)22-3-1-21(2-4-22)24-7-8-26-25(15-24)16-31-33-26/h1-4,7-8,15,20,23,27,31-33,37H,5-6,9-14,16-19H2. The van der Waals surface area contributed by atoms with Crippen LogP contribution in [0.2, 0.25) is 0 Å². The van der Waals surface area contributed by atoms with Gasteiger partial charge in [-0.2, -0.15) is 0 Å². The van der Waals surface area contributed by atoms with Gasteiger partial charge in [-0.3, -0.25) is 14.9 Å². The molecule has 1 spiro atoms. The van der Waals surface area contributed by atoms with Crippen LogP contribution in [-0.4, -0.2) is 83.0 Å². The number of hydrogen-bond donors (Lipinski definition) is 4. The minimum absolute atomic E-state index is 0.143. The number of β-amino-alcohol motifs (C(OH)–C–C–N with tert-alkyl or cyclic N) is 1. The van der Waals surface area contributed by atoms with E-state index in [4.69, 9.17) is 0 Å². The lowest BCUT2D eigenvalue weighted by Gasteiger charge is -2.42. The smallest absolute Gasteiger partial charge is 0.244 e. The van der Waals surface area contributed by atoms with Gasteiger partial charge in [-0.25, -0.2) is 5.43 Å². The zero-order valence-electron chi connectivity index (χ0n) is 22.4. The number of anilines is 1. The number of fused-ring (bicyclic) bond motifs is 1. The molecule has 1 saturated carbocycles. The Morgan fingerprint density at radius 1 is 1.03 bits per heavy atom. The number of hydrazine groups is 1. The van der Waals surface area contributed by atoms with Gasteiger partial charge in [-0.15, -0.1) is 0 Å². The van der Waals surface area contributed by atoms with Gasteiger partial charge in [0, 0.05) is 57.6 Å². The highest BCUT2D eigenvalue weighted by Crippen LogP contribution is 2.40. The summed E-state index contributed by atoms with van der Waals surface area (Å²) in [4.78, 5) is 32.8. The normalized spacial score (nSPS) is 24.6. The van der Waals surface area contributed by atoms with Crippen LogP contribution in [0, 0.1) is 11.8 Å². The van der Waals surface area contributed by atoms with Crippen molar-refractivity contribution in [3.63, 3.8) is 0 Å². The number of aliphatic hydroxyl groups excluding tert-OH is 1. The third-order valence-corrected chi connectivity index (χ3v) is 9.34. The van der Waals surface area contributed by atoms with Crippen molar-refractivity contribution in [2.24, 2.45) is 11.8 Å². The minimum atomic E-state index is -0.567. The summed E-state index contributed by atoms with van der Waals surface area (Å²) in [5.41, 5.74) is 11.6. The molecule has 4 N–H and O–H groups in total. The number of carbonyl (C=O) groups is 2. The minimum Gasteiger partial charge on any atom is -0.395 e. The first-order valence-electron chi connectivity index (χ1n) is 14.5. The van der Waals surface area contributed by atoms with Crippen molar-refractivity contribution in [3.8, 4) is 11.1 Å². The second-order valence-corrected chi connectivity index (χ2v) is 12.0. The summed E-state index contributed by atoms with van der Waals surface area (Å²) in [6, 6.07) is 15.1. The maximum atomic E-state index is 14.0. The third kappa shape index (κ3) is 4.61. The number of nitrogens with one attached hydrogen (secondary N) is 3. The van der Waals surface area contributed by atoms with E-state index in [1.54, 1.807) is 0 Å². The number of hydrogen-bond acceptors (Lipinski definition) is 7. The molecule has 4 heterocycles. The van der Waals surface area contributed by atoms with Crippen molar-refractivity contribution in [2.75, 3.05) is 51.3 Å². The molecular weight excluding hydrogens is 492 g/mol. The van der Waals surface area contributed by atoms with E-state index in [1.165, 1.54) is 11.1 Å². The summed E-state index contributed by atoms with van der Waals surface area (Å²) >= 11 is 0. The molecular formula is C30H38N6O3. The Bertz CT molecular complexity index is 1250. The first kappa shape index (κ1) is 25.0. The Kier molecular flexibility index (Phi) is 6.34. The lowest BCUT2D eigenvalue weighted by Crippen LogP contribution is -2.56. The van der Waals surface area contributed by atoms with E-state index in [9.17, 15) is 14.7 Å². The number of carbonyl (C=O) groups excluding carboxylic acids is 2. The Morgan fingerprint density at radius 2 is 1.77 bits per heavy atom. The van der Waals surface area contributed by atoms with E-state index in [2.05, 4.69) is 63.5 Å². The zero-order valence-corrected chi connectivity index (χ0v) is 22.4. The molecule has 0 radical (unpaired) electrons. The lowest BCUT2D eigenvalue weighted by molar-refractivity contribution is -0.141. The van der Waals surface area contributed by atoms with Gasteiger partial charge in [0.15, 0.2) is 0 Å². The molecule has 206 valence electrons. The Morgan fingerprint density at radius 3 is 2.49 bits per heavy atom. The Labute approximate surface area is 229 Å². The van der Waals surface area contributed by atoms with Crippen molar-refractivity contribution in [1.82, 2.24) is 25.4 Å². The van der Waals surface area contributed by atoms with Crippen LogP contribution in [-0.2, 0) is 16.1 Å². The molecule has 4 fully saturated rings. The van der Waals surface area contributed by atoms with Crippen molar-refractivity contribution in [2.45, 2.75) is 43.9 Å². The molecule has 1 unspecified atom stereocenters. The maximum Gasteiger partial charge on any atom is 0.244 e. The maximum absolute atomic E-state index is 14.0. The fourth-order valence-corrected chi connectivity index (χ4v) is 6.77. The van der Waals surface area contributed by atoms with Crippen molar-refractivity contribution in [1.29, 1.82) is 0 Å². The van der Waals surface area contributed by atoms with Crippen molar-refractivity contribution < 1.29 is 14.7 Å². The second-order valence-electron chi connectivity index (χ2n) is 12.0. The van der Waals surface area contributed by atoms with E-state index in [1.807, 2.05) is 9.80 Å². The number of likely N-dealkylation sites (tertiary alicyclic amines) is 2. The predicted molar refractivity (Wildman–Crippen MR) is 148 cm³/mol. The summed E-state index contributed by atoms with van der Waals surface area (Å²) in [5, 5.41) is 13.2. The molecule has 2 aromatic rings. The first-order chi connectivity index (χ1) is 19.0. The van der Waals surface area contributed by atoms with E-state index < -0.39 is 5.54 Å². The van der Waals surface area contributed by atoms with Gasteiger partial charge in [0.05, 0.1) is 12.3 Å². The molecule has 2 amide bonds. The summed E-state index contributed by atoms with van der Waals surface area (Å²) < 4.78 is 0. The van der Waals surface area contributed by atoms with Crippen LogP contribution in [0.1, 0.15) is 43.0 Å². The summed E-state index contributed by atoms with van der Waals surface area (Å²) in [7, 11) is 0. The van der Waals surface area contributed by atoms with E-state index >= 15 is 0 Å². The van der Waals surface area contributed by atoms with Crippen LogP contribution < -0.4 is 16.2 Å². The second kappa shape index (κ2) is 9.89. The van der Waals surface area contributed by atoms with Gasteiger partial charge in [0.1, 0.15) is 11.7 Å². The van der Waals surface area contributed by atoms with Gasteiger partial charge in [-0.05, 0) is 60.1 Å². The average molecular weight is 531 g/mol. The molecule has 0 bridgehead atoms. The van der Waals surface area contributed by atoms with Gasteiger partial charge in [-0.1, -0.05) is 30.3 Å². The molecule has 7 rings (SSSR count). The summed E-state index contributed by atoms with van der Waals surface area (Å²) in [6.07, 6.45) is 3.36. The number of amides is 2. The molecule has 4 aliphatic heterocycles. The quantitative estimate of drug-likeness (QED) is 0.434. The van der Waals surface area contributed by atoms with Crippen LogP contribution >= 0.6 is 0 Å². The van der Waals surface area contributed by atoms with Gasteiger partial charge in [0.2, 0.25) is 11.8 Å². The SMILES string of the molecule is O=C(C1CC1)N1CC(CN2C(=O)C3(CCN(CCO)CC3)NC2c2ccc(-c3ccc4c(c3)CNN4)cc2)C1. The van der Waals surface area contributed by atoms with Crippen LogP contribution in [0.3, 0.4) is 0 Å². The predicted octanol–water partition coefficient (Wildman–Crippen LogP) is 1.91. The number of aliphatic hydroxyl groups is 1. The molecule has 39 heavy (non-hydrogen) atoms. The third-order valence-electron chi connectivity index (χ3n) is 9.34. The molecule has 9 heteroatoms. The van der Waals surface area contributed by atoms with Gasteiger partial charge >= 0.3 is 0 Å².